The second kappa shape index (κ2) is 7.77. The highest BCUT2D eigenvalue weighted by Gasteiger charge is 2.30. The molecule has 124 valence electrons. The van der Waals surface area contributed by atoms with Crippen LogP contribution in [-0.2, 0) is 19.6 Å². The van der Waals surface area contributed by atoms with Crippen molar-refractivity contribution in [1.82, 2.24) is 0 Å². The van der Waals surface area contributed by atoms with Gasteiger partial charge < -0.3 is 15.8 Å². The van der Waals surface area contributed by atoms with E-state index in [1.54, 1.807) is 24.3 Å². The third-order valence-corrected chi connectivity index (χ3v) is 3.73. The van der Waals surface area contributed by atoms with Crippen LogP contribution in [0.25, 0.3) is 0 Å². The first-order valence-corrected chi connectivity index (χ1v) is 8.51. The van der Waals surface area contributed by atoms with Crippen LogP contribution in [-0.4, -0.2) is 39.3 Å². The van der Waals surface area contributed by atoms with E-state index in [-0.39, 0.29) is 24.4 Å². The summed E-state index contributed by atoms with van der Waals surface area (Å²) in [5.41, 5.74) is 6.23. The Morgan fingerprint density at radius 2 is 1.95 bits per heavy atom. The summed E-state index contributed by atoms with van der Waals surface area (Å²) in [5.74, 6) is -0.297. The van der Waals surface area contributed by atoms with E-state index in [9.17, 15) is 13.2 Å². The molecule has 0 radical (unpaired) electrons. The van der Waals surface area contributed by atoms with Gasteiger partial charge in [-0.1, -0.05) is 12.1 Å². The molecule has 0 bridgehead atoms. The average molecular weight is 350 g/mol. The van der Waals surface area contributed by atoms with Crippen molar-refractivity contribution in [3.8, 4) is 0 Å². The molecule has 1 aromatic rings. The van der Waals surface area contributed by atoms with E-state index in [0.29, 0.717) is 24.3 Å². The van der Waals surface area contributed by atoms with Gasteiger partial charge in [-0.2, -0.15) is 0 Å². The number of carbonyl (C=O) groups is 1. The highest BCUT2D eigenvalue weighted by Crippen LogP contribution is 2.25. The molecule has 0 aliphatic carbocycles. The lowest BCUT2D eigenvalue weighted by Gasteiger charge is -2.15. The number of ether oxygens (including phenoxy) is 1. The number of anilines is 2. The number of hydrogen-bond acceptors (Lipinski definition) is 5. The van der Waals surface area contributed by atoms with Crippen LogP contribution >= 0.6 is 12.4 Å². The number of hydrogen-bond donors (Lipinski definition) is 3. The number of sulfonamides is 1. The Bertz CT molecular complexity index is 623. The first kappa shape index (κ1) is 18.7. The fourth-order valence-corrected chi connectivity index (χ4v) is 2.74. The van der Waals surface area contributed by atoms with Crippen molar-refractivity contribution in [1.29, 1.82) is 0 Å². The van der Waals surface area contributed by atoms with Crippen LogP contribution in [0.5, 0.6) is 0 Å². The molecule has 1 aromatic carbocycles. The van der Waals surface area contributed by atoms with Crippen molar-refractivity contribution in [2.75, 3.05) is 22.8 Å². The third kappa shape index (κ3) is 5.13. The van der Waals surface area contributed by atoms with Crippen molar-refractivity contribution in [3.05, 3.63) is 24.3 Å². The topological polar surface area (TPSA) is 111 Å². The molecule has 0 unspecified atom stereocenters. The van der Waals surface area contributed by atoms with Gasteiger partial charge in [0, 0.05) is 6.54 Å². The first-order chi connectivity index (χ1) is 9.89. The minimum absolute atomic E-state index is 0. The second-order valence-electron chi connectivity index (χ2n) is 4.97. The van der Waals surface area contributed by atoms with Gasteiger partial charge in [0.25, 0.3) is 5.91 Å². The van der Waals surface area contributed by atoms with Crippen LogP contribution in [0.3, 0.4) is 0 Å². The van der Waals surface area contributed by atoms with E-state index in [0.717, 1.165) is 12.7 Å². The Morgan fingerprint density at radius 3 is 2.50 bits per heavy atom. The molecular weight excluding hydrogens is 330 g/mol. The zero-order valence-corrected chi connectivity index (χ0v) is 13.7. The fraction of sp³-hybridized carbons (Fsp3) is 0.462. The van der Waals surface area contributed by atoms with Crippen molar-refractivity contribution < 1.29 is 17.9 Å². The maximum absolute atomic E-state index is 12.1. The highest BCUT2D eigenvalue weighted by atomic mass is 35.5. The molecule has 1 aliphatic rings. The Hall–Kier alpha value is -1.35. The third-order valence-electron chi connectivity index (χ3n) is 3.14. The molecule has 2 atom stereocenters. The van der Waals surface area contributed by atoms with Gasteiger partial charge >= 0.3 is 0 Å². The SMILES string of the molecule is CS(=O)(=O)Nc1ccccc1NC(=O)[C@@H]1CC[C@H](CN)O1.Cl. The number of halogens is 1. The molecule has 1 heterocycles. The summed E-state index contributed by atoms with van der Waals surface area (Å²) in [7, 11) is -3.42. The number of amides is 1. The second-order valence-corrected chi connectivity index (χ2v) is 6.72. The van der Waals surface area contributed by atoms with Crippen molar-refractivity contribution in [3.63, 3.8) is 0 Å². The molecule has 0 aromatic heterocycles. The quantitative estimate of drug-likeness (QED) is 0.732. The number of nitrogens with two attached hydrogens (primary N) is 1. The van der Waals surface area contributed by atoms with Crippen LogP contribution in [0.4, 0.5) is 11.4 Å². The molecule has 1 aliphatic heterocycles. The molecule has 1 saturated heterocycles. The molecule has 1 fully saturated rings. The summed E-state index contributed by atoms with van der Waals surface area (Å²) >= 11 is 0. The van der Waals surface area contributed by atoms with Gasteiger partial charge in [-0.05, 0) is 25.0 Å². The molecule has 9 heteroatoms. The predicted molar refractivity (Wildman–Crippen MR) is 87.7 cm³/mol. The van der Waals surface area contributed by atoms with Gasteiger partial charge in [0.2, 0.25) is 10.0 Å². The average Bonchev–Trinajstić information content (AvgIpc) is 2.88. The number of benzene rings is 1. The summed E-state index contributed by atoms with van der Waals surface area (Å²) < 4.78 is 30.5. The van der Waals surface area contributed by atoms with Gasteiger partial charge in [-0.25, -0.2) is 8.42 Å². The Labute approximate surface area is 136 Å². The van der Waals surface area contributed by atoms with Gasteiger partial charge in [-0.3, -0.25) is 9.52 Å². The smallest absolute Gasteiger partial charge is 0.253 e. The number of carbonyl (C=O) groups excluding carboxylic acids is 1. The molecule has 0 spiro atoms. The van der Waals surface area contributed by atoms with E-state index in [1.165, 1.54) is 0 Å². The number of nitrogens with one attached hydrogen (secondary N) is 2. The Kier molecular flexibility index (Phi) is 6.61. The van der Waals surface area contributed by atoms with E-state index in [4.69, 9.17) is 10.5 Å². The lowest BCUT2D eigenvalue weighted by Crippen LogP contribution is -2.30. The lowest BCUT2D eigenvalue weighted by molar-refractivity contribution is -0.126. The first-order valence-electron chi connectivity index (χ1n) is 6.62. The normalized spacial score (nSPS) is 21.0. The summed E-state index contributed by atoms with van der Waals surface area (Å²) in [6, 6.07) is 6.59. The van der Waals surface area contributed by atoms with E-state index in [2.05, 4.69) is 10.0 Å². The molecular formula is C13H20ClN3O4S. The number of rotatable bonds is 5. The number of para-hydroxylation sites is 2. The molecule has 4 N–H and O–H groups in total. The van der Waals surface area contributed by atoms with Gasteiger partial charge in [0.15, 0.2) is 0 Å². The Morgan fingerprint density at radius 1 is 1.32 bits per heavy atom. The minimum Gasteiger partial charge on any atom is -0.364 e. The monoisotopic (exact) mass is 349 g/mol. The van der Waals surface area contributed by atoms with Crippen LogP contribution in [0, 0.1) is 0 Å². The minimum atomic E-state index is -3.42. The molecule has 0 saturated carbocycles. The summed E-state index contributed by atoms with van der Waals surface area (Å²) in [5, 5.41) is 2.69. The van der Waals surface area contributed by atoms with Crippen molar-refractivity contribution in [2.45, 2.75) is 25.0 Å². The highest BCUT2D eigenvalue weighted by molar-refractivity contribution is 7.92. The molecule has 1 amide bonds. The van der Waals surface area contributed by atoms with Crippen LogP contribution in [0.1, 0.15) is 12.8 Å². The zero-order chi connectivity index (χ0) is 15.5. The van der Waals surface area contributed by atoms with Crippen LogP contribution < -0.4 is 15.8 Å². The standard InChI is InChI=1S/C13H19N3O4S.ClH/c1-21(18,19)16-11-5-3-2-4-10(11)15-13(17)12-7-6-9(8-14)20-12;/h2-5,9,12,16H,6-8,14H2,1H3,(H,15,17);1H/t9-,12+;/m1./s1. The van der Waals surface area contributed by atoms with Crippen LogP contribution in [0.2, 0.25) is 0 Å². The molecule has 7 nitrogen and oxygen atoms in total. The van der Waals surface area contributed by atoms with Gasteiger partial charge in [0.05, 0.1) is 23.7 Å². The van der Waals surface area contributed by atoms with Gasteiger partial charge in [-0.15, -0.1) is 12.4 Å². The largest absolute Gasteiger partial charge is 0.364 e. The van der Waals surface area contributed by atoms with E-state index >= 15 is 0 Å². The van der Waals surface area contributed by atoms with Crippen LogP contribution in [0.15, 0.2) is 24.3 Å². The van der Waals surface area contributed by atoms with E-state index < -0.39 is 16.1 Å². The summed E-state index contributed by atoms with van der Waals surface area (Å²) in [6.45, 7) is 0.385. The lowest BCUT2D eigenvalue weighted by atomic mass is 10.2. The summed E-state index contributed by atoms with van der Waals surface area (Å²) in [4.78, 5) is 12.1. The fourth-order valence-electron chi connectivity index (χ4n) is 2.17. The molecule has 2 rings (SSSR count). The maximum Gasteiger partial charge on any atom is 0.253 e. The van der Waals surface area contributed by atoms with Crippen molar-refractivity contribution >= 4 is 39.7 Å². The molecule has 22 heavy (non-hydrogen) atoms. The Balaban J connectivity index is 0.00000242. The summed E-state index contributed by atoms with van der Waals surface area (Å²) in [6.07, 6.45) is 1.76. The van der Waals surface area contributed by atoms with Crippen molar-refractivity contribution in [2.24, 2.45) is 5.73 Å². The predicted octanol–water partition coefficient (Wildman–Crippen LogP) is 0.925. The maximum atomic E-state index is 12.1. The zero-order valence-electron chi connectivity index (χ0n) is 12.1. The van der Waals surface area contributed by atoms with E-state index in [1.807, 2.05) is 0 Å². The van der Waals surface area contributed by atoms with Gasteiger partial charge in [0.1, 0.15) is 6.10 Å².